The summed E-state index contributed by atoms with van der Waals surface area (Å²) in [5, 5.41) is 3.23. The van der Waals surface area contributed by atoms with Gasteiger partial charge in [-0.2, -0.15) is 4.98 Å². The summed E-state index contributed by atoms with van der Waals surface area (Å²) in [7, 11) is 0. The molecule has 1 N–H and O–H groups in total. The molecule has 2 fully saturated rings. The minimum Gasteiger partial charge on any atom is -0.473 e. The third-order valence-corrected chi connectivity index (χ3v) is 8.82. The predicted molar refractivity (Wildman–Crippen MR) is 190 cm³/mol. The van der Waals surface area contributed by atoms with Crippen molar-refractivity contribution in [1.82, 2.24) is 14.8 Å². The number of amides is 1. The minimum atomic E-state index is -3.10. The van der Waals surface area contributed by atoms with Gasteiger partial charge >= 0.3 is 6.09 Å². The van der Waals surface area contributed by atoms with Crippen LogP contribution in [0.2, 0.25) is 0 Å². The summed E-state index contributed by atoms with van der Waals surface area (Å²) >= 11 is 0. The fourth-order valence-electron chi connectivity index (χ4n) is 6.30. The summed E-state index contributed by atoms with van der Waals surface area (Å²) < 4.78 is 63.6. The van der Waals surface area contributed by atoms with Crippen LogP contribution >= 0.6 is 0 Å². The van der Waals surface area contributed by atoms with Crippen LogP contribution in [0.4, 0.5) is 35.0 Å². The maximum Gasteiger partial charge on any atom is 0.410 e. The van der Waals surface area contributed by atoms with Gasteiger partial charge in [0.15, 0.2) is 0 Å². The van der Waals surface area contributed by atoms with Gasteiger partial charge in [0, 0.05) is 44.5 Å². The lowest BCUT2D eigenvalue weighted by Crippen LogP contribution is -2.62. The molecular formula is C39H44F3N5O4. The van der Waals surface area contributed by atoms with Crippen LogP contribution < -0.4 is 19.7 Å². The van der Waals surface area contributed by atoms with E-state index in [1.165, 1.54) is 6.07 Å². The number of nitrogens with zero attached hydrogens (tertiary/aromatic N) is 4. The number of rotatable bonds is 10. The van der Waals surface area contributed by atoms with E-state index in [4.69, 9.17) is 14.2 Å². The lowest BCUT2D eigenvalue weighted by Gasteiger charge is -2.46. The lowest BCUT2D eigenvalue weighted by molar-refractivity contribution is -0.126. The lowest BCUT2D eigenvalue weighted by atomic mass is 9.98. The molecule has 0 spiro atoms. The predicted octanol–water partition coefficient (Wildman–Crippen LogP) is 7.89. The molecule has 0 aliphatic carbocycles. The van der Waals surface area contributed by atoms with Crippen LogP contribution in [0, 0.1) is 5.82 Å². The van der Waals surface area contributed by atoms with Crippen molar-refractivity contribution in [2.24, 2.45) is 0 Å². The van der Waals surface area contributed by atoms with Gasteiger partial charge in [0.1, 0.15) is 30.3 Å². The third kappa shape index (κ3) is 9.43. The van der Waals surface area contributed by atoms with E-state index in [1.807, 2.05) is 65.6 Å². The normalized spacial score (nSPS) is 17.9. The van der Waals surface area contributed by atoms with Crippen molar-refractivity contribution < 1.29 is 32.2 Å². The molecule has 1 amide bonds. The fraction of sp³-hybridized carbons (Fsp3) is 0.385. The van der Waals surface area contributed by atoms with E-state index < -0.39 is 36.0 Å². The Morgan fingerprint density at radius 3 is 2.12 bits per heavy atom. The summed E-state index contributed by atoms with van der Waals surface area (Å²) in [6.45, 7) is 6.72. The molecule has 2 saturated heterocycles. The van der Waals surface area contributed by atoms with Crippen LogP contribution in [-0.2, 0) is 18.0 Å². The van der Waals surface area contributed by atoms with Gasteiger partial charge in [-0.05, 0) is 62.6 Å². The van der Waals surface area contributed by atoms with E-state index >= 15 is 13.2 Å². The Hall–Kier alpha value is -4.97. The second-order valence-corrected chi connectivity index (χ2v) is 13.8. The zero-order valence-electron chi connectivity index (χ0n) is 29.2. The van der Waals surface area contributed by atoms with Gasteiger partial charge in [0.05, 0.1) is 18.3 Å². The number of hydrogen-bond acceptors (Lipinski definition) is 8. The van der Waals surface area contributed by atoms with Crippen molar-refractivity contribution >= 4 is 23.2 Å². The Labute approximate surface area is 296 Å². The number of carbonyl (C=O) groups is 1. The zero-order valence-corrected chi connectivity index (χ0v) is 29.2. The van der Waals surface area contributed by atoms with Crippen LogP contribution in [0.5, 0.6) is 11.8 Å². The summed E-state index contributed by atoms with van der Waals surface area (Å²) in [5.74, 6) is -2.84. The molecule has 3 aromatic carbocycles. The van der Waals surface area contributed by atoms with Crippen LogP contribution in [-0.4, -0.2) is 77.7 Å². The largest absolute Gasteiger partial charge is 0.473 e. The van der Waals surface area contributed by atoms with E-state index in [-0.39, 0.29) is 19.6 Å². The monoisotopic (exact) mass is 703 g/mol. The molecule has 9 nitrogen and oxygen atoms in total. The first-order valence-electron chi connectivity index (χ1n) is 17.2. The molecule has 1 unspecified atom stereocenters. The van der Waals surface area contributed by atoms with E-state index in [2.05, 4.69) is 10.3 Å². The van der Waals surface area contributed by atoms with Gasteiger partial charge in [-0.15, -0.1) is 0 Å². The van der Waals surface area contributed by atoms with Crippen molar-refractivity contribution in [2.75, 3.05) is 49.5 Å². The van der Waals surface area contributed by atoms with E-state index in [0.29, 0.717) is 61.6 Å². The molecular weight excluding hydrogens is 659 g/mol. The number of nitrogens with one attached hydrogen (secondary N) is 1. The molecule has 0 saturated carbocycles. The van der Waals surface area contributed by atoms with Crippen LogP contribution in [0.1, 0.15) is 38.3 Å². The fourth-order valence-corrected chi connectivity index (χ4v) is 6.30. The Balaban J connectivity index is 1.08. The number of pyridine rings is 1. The average molecular weight is 704 g/mol. The maximum atomic E-state index is 15.6. The molecule has 0 bridgehead atoms. The smallest absolute Gasteiger partial charge is 0.410 e. The zero-order chi connectivity index (χ0) is 36.0. The van der Waals surface area contributed by atoms with Gasteiger partial charge in [0.25, 0.3) is 5.92 Å². The first kappa shape index (κ1) is 35.8. The second-order valence-electron chi connectivity index (χ2n) is 13.8. The maximum absolute atomic E-state index is 15.6. The van der Waals surface area contributed by atoms with Gasteiger partial charge in [0.2, 0.25) is 11.8 Å². The number of benzene rings is 3. The Morgan fingerprint density at radius 1 is 0.863 bits per heavy atom. The van der Waals surface area contributed by atoms with Crippen molar-refractivity contribution in [2.45, 2.75) is 58.0 Å². The molecule has 3 heterocycles. The quantitative estimate of drug-likeness (QED) is 0.179. The number of alkyl halides is 2. The third-order valence-electron chi connectivity index (χ3n) is 8.82. The Kier molecular flexibility index (Phi) is 10.9. The van der Waals surface area contributed by atoms with Gasteiger partial charge in [-0.25, -0.2) is 18.0 Å². The van der Waals surface area contributed by atoms with Crippen molar-refractivity contribution in [1.29, 1.82) is 0 Å². The van der Waals surface area contributed by atoms with Gasteiger partial charge < -0.3 is 29.3 Å². The van der Waals surface area contributed by atoms with Gasteiger partial charge in [-0.3, -0.25) is 4.90 Å². The molecule has 1 aromatic heterocycles. The SMILES string of the molecule is CC(C)(C)OC(=O)N1CCC(N2CCN(c3ccc(Nc4ccc(OCc5ccccc5)nc4OCc4ccccc4)cc3F)CC2)C(F)(F)C1. The number of ether oxygens (including phenoxy) is 3. The van der Waals surface area contributed by atoms with E-state index in [9.17, 15) is 4.79 Å². The molecule has 6 rings (SSSR count). The summed E-state index contributed by atoms with van der Waals surface area (Å²) in [4.78, 5) is 21.7. The van der Waals surface area contributed by atoms with E-state index in [0.717, 1.165) is 16.0 Å². The van der Waals surface area contributed by atoms with E-state index in [1.54, 1.807) is 49.9 Å². The number of aromatic nitrogens is 1. The second kappa shape index (κ2) is 15.5. The molecule has 270 valence electrons. The summed E-state index contributed by atoms with van der Waals surface area (Å²) in [5.41, 5.74) is 2.64. The van der Waals surface area contributed by atoms with Gasteiger partial charge in [-0.1, -0.05) is 60.7 Å². The number of piperazine rings is 1. The number of anilines is 3. The topological polar surface area (TPSA) is 79.4 Å². The minimum absolute atomic E-state index is 0.132. The highest BCUT2D eigenvalue weighted by molar-refractivity contribution is 5.69. The number of hydrogen-bond donors (Lipinski definition) is 1. The highest BCUT2D eigenvalue weighted by Gasteiger charge is 2.49. The molecule has 12 heteroatoms. The molecule has 4 aromatic rings. The van der Waals surface area contributed by atoms with Crippen molar-refractivity contribution in [3.8, 4) is 11.8 Å². The number of likely N-dealkylation sites (tertiary alicyclic amines) is 1. The first-order chi connectivity index (χ1) is 24.4. The van der Waals surface area contributed by atoms with Crippen LogP contribution in [0.25, 0.3) is 0 Å². The molecule has 0 radical (unpaired) electrons. The Morgan fingerprint density at radius 2 is 1.51 bits per heavy atom. The number of piperidine rings is 1. The first-order valence-corrected chi connectivity index (χ1v) is 17.2. The summed E-state index contributed by atoms with van der Waals surface area (Å²) in [6.07, 6.45) is -0.594. The Bertz CT molecular complexity index is 1770. The molecule has 1 atom stereocenters. The summed E-state index contributed by atoms with van der Waals surface area (Å²) in [6, 6.07) is 26.9. The molecule has 51 heavy (non-hydrogen) atoms. The van der Waals surface area contributed by atoms with Crippen LogP contribution in [0.15, 0.2) is 91.0 Å². The standard InChI is InChI=1S/C39H44F3N5O4/c1-38(2,3)51-37(48)47-19-18-34(39(41,42)27-47)46-22-20-45(21-23-46)33-16-14-30(24-31(33)40)43-32-15-17-35(49-25-28-10-6-4-7-11-28)44-36(32)50-26-29-12-8-5-9-13-29/h4-17,24,34,43H,18-23,25-27H2,1-3H3. The van der Waals surface area contributed by atoms with Crippen LogP contribution in [0.3, 0.4) is 0 Å². The highest BCUT2D eigenvalue weighted by Crippen LogP contribution is 2.35. The molecule has 2 aliphatic rings. The van der Waals surface area contributed by atoms with Crippen molar-refractivity contribution in [3.05, 3.63) is 108 Å². The highest BCUT2D eigenvalue weighted by atomic mass is 19.3. The molecule has 2 aliphatic heterocycles. The van der Waals surface area contributed by atoms with Crippen molar-refractivity contribution in [3.63, 3.8) is 0 Å². The number of carbonyl (C=O) groups excluding carboxylic acids is 1. The average Bonchev–Trinajstić information content (AvgIpc) is 3.10. The number of halogens is 3.